The predicted molar refractivity (Wildman–Crippen MR) is 105 cm³/mol. The molecule has 0 unspecified atom stereocenters. The van der Waals surface area contributed by atoms with Crippen LogP contribution in [0, 0.1) is 6.92 Å². The van der Waals surface area contributed by atoms with Crippen LogP contribution in [0.3, 0.4) is 0 Å². The molecule has 3 aromatic rings. The summed E-state index contributed by atoms with van der Waals surface area (Å²) in [7, 11) is 1.66. The minimum absolute atomic E-state index is 0. The van der Waals surface area contributed by atoms with E-state index in [9.17, 15) is 0 Å². The van der Waals surface area contributed by atoms with Crippen molar-refractivity contribution in [3.63, 3.8) is 0 Å². The van der Waals surface area contributed by atoms with E-state index < -0.39 is 0 Å². The molecule has 0 aliphatic rings. The van der Waals surface area contributed by atoms with Crippen LogP contribution in [0.15, 0.2) is 65.3 Å². The van der Waals surface area contributed by atoms with Gasteiger partial charge in [-0.1, -0.05) is 42.0 Å². The second-order valence-electron chi connectivity index (χ2n) is 5.91. The van der Waals surface area contributed by atoms with Gasteiger partial charge >= 0.3 is 0 Å². The highest BCUT2D eigenvalue weighted by Gasteiger charge is 2.11. The largest absolute Gasteiger partial charge is 0.493 e. The average molecular weight is 374 g/mol. The second-order valence-corrected chi connectivity index (χ2v) is 5.91. The molecule has 4 nitrogen and oxygen atoms in total. The van der Waals surface area contributed by atoms with E-state index in [1.807, 2.05) is 30.3 Å². The van der Waals surface area contributed by atoms with E-state index in [1.165, 1.54) is 5.56 Å². The molecule has 0 bridgehead atoms. The van der Waals surface area contributed by atoms with E-state index in [0.717, 1.165) is 28.4 Å². The van der Waals surface area contributed by atoms with Gasteiger partial charge in [-0.2, -0.15) is 0 Å². The Morgan fingerprint density at radius 2 is 1.77 bits per heavy atom. The molecule has 0 saturated heterocycles. The first kappa shape index (κ1) is 19.9. The van der Waals surface area contributed by atoms with Crippen molar-refractivity contribution in [2.24, 2.45) is 0 Å². The van der Waals surface area contributed by atoms with Gasteiger partial charge in [0, 0.05) is 12.1 Å². The lowest BCUT2D eigenvalue weighted by atomic mass is 10.1. The first-order valence-corrected chi connectivity index (χ1v) is 8.33. The first-order chi connectivity index (χ1) is 12.3. The highest BCUT2D eigenvalue weighted by atomic mass is 35.5. The van der Waals surface area contributed by atoms with E-state index in [4.69, 9.17) is 13.9 Å². The molecule has 0 aliphatic carbocycles. The molecule has 0 aliphatic heterocycles. The van der Waals surface area contributed by atoms with E-state index >= 15 is 0 Å². The van der Waals surface area contributed by atoms with E-state index in [0.29, 0.717) is 19.7 Å². The number of methoxy groups -OCH3 is 1. The van der Waals surface area contributed by atoms with Gasteiger partial charge in [-0.25, -0.2) is 0 Å². The monoisotopic (exact) mass is 373 g/mol. The van der Waals surface area contributed by atoms with Crippen molar-refractivity contribution in [2.75, 3.05) is 7.11 Å². The molecular formula is C21H24ClNO3. The molecule has 3 rings (SSSR count). The normalized spacial score (nSPS) is 10.2. The fourth-order valence-electron chi connectivity index (χ4n) is 2.60. The number of benzene rings is 2. The fraction of sp³-hybridized carbons (Fsp3) is 0.238. The zero-order valence-electron chi connectivity index (χ0n) is 15.0. The highest BCUT2D eigenvalue weighted by molar-refractivity contribution is 5.85. The van der Waals surface area contributed by atoms with Crippen molar-refractivity contribution in [3.05, 3.63) is 83.3 Å². The van der Waals surface area contributed by atoms with Crippen molar-refractivity contribution in [1.29, 1.82) is 0 Å². The molecular weight excluding hydrogens is 350 g/mol. The maximum absolute atomic E-state index is 6.08. The smallest absolute Gasteiger partial charge is 0.166 e. The van der Waals surface area contributed by atoms with Crippen molar-refractivity contribution in [3.8, 4) is 11.5 Å². The van der Waals surface area contributed by atoms with Gasteiger partial charge in [0.2, 0.25) is 0 Å². The Balaban J connectivity index is 0.00000243. The summed E-state index contributed by atoms with van der Waals surface area (Å²) in [6.45, 7) is 3.92. The number of ether oxygens (including phenoxy) is 2. The number of halogens is 1. The summed E-state index contributed by atoms with van der Waals surface area (Å²) in [5.41, 5.74) is 3.42. The molecule has 0 amide bonds. The van der Waals surface area contributed by atoms with Gasteiger partial charge in [-0.3, -0.25) is 0 Å². The Kier molecular flexibility index (Phi) is 7.57. The number of hydrogen-bond donors (Lipinski definition) is 1. The van der Waals surface area contributed by atoms with Crippen LogP contribution in [-0.2, 0) is 19.7 Å². The van der Waals surface area contributed by atoms with Gasteiger partial charge in [-0.05, 0) is 30.7 Å². The number of nitrogens with one attached hydrogen (secondary N) is 1. The minimum atomic E-state index is 0. The van der Waals surface area contributed by atoms with Crippen LogP contribution >= 0.6 is 12.4 Å². The first-order valence-electron chi connectivity index (χ1n) is 8.33. The predicted octanol–water partition coefficient (Wildman–Crippen LogP) is 4.89. The number of rotatable bonds is 8. The third-order valence-electron chi connectivity index (χ3n) is 3.98. The third kappa shape index (κ3) is 5.28. The van der Waals surface area contributed by atoms with Crippen LogP contribution in [0.25, 0.3) is 0 Å². The van der Waals surface area contributed by atoms with Crippen LogP contribution in [0.1, 0.15) is 22.5 Å². The van der Waals surface area contributed by atoms with Gasteiger partial charge in [0.25, 0.3) is 0 Å². The lowest BCUT2D eigenvalue weighted by Crippen LogP contribution is -2.13. The number of hydrogen-bond acceptors (Lipinski definition) is 4. The molecule has 2 aromatic carbocycles. The second kappa shape index (κ2) is 9.90. The fourth-order valence-corrected chi connectivity index (χ4v) is 2.60. The average Bonchev–Trinajstić information content (AvgIpc) is 3.15. The Labute approximate surface area is 160 Å². The van der Waals surface area contributed by atoms with Crippen LogP contribution in [-0.4, -0.2) is 7.11 Å². The molecule has 0 fully saturated rings. The van der Waals surface area contributed by atoms with Crippen LogP contribution in [0.5, 0.6) is 11.5 Å². The topological polar surface area (TPSA) is 43.6 Å². The Morgan fingerprint density at radius 3 is 2.46 bits per heavy atom. The van der Waals surface area contributed by atoms with Gasteiger partial charge in [0.05, 0.1) is 19.9 Å². The van der Waals surface area contributed by atoms with E-state index in [2.05, 4.69) is 36.5 Å². The van der Waals surface area contributed by atoms with Crippen LogP contribution in [0.2, 0.25) is 0 Å². The van der Waals surface area contributed by atoms with Gasteiger partial charge < -0.3 is 19.2 Å². The zero-order valence-corrected chi connectivity index (χ0v) is 15.8. The van der Waals surface area contributed by atoms with Crippen molar-refractivity contribution in [1.82, 2.24) is 5.32 Å². The molecule has 138 valence electrons. The van der Waals surface area contributed by atoms with E-state index in [1.54, 1.807) is 13.4 Å². The van der Waals surface area contributed by atoms with E-state index in [-0.39, 0.29) is 12.4 Å². The highest BCUT2D eigenvalue weighted by Crippen LogP contribution is 2.31. The molecule has 1 aromatic heterocycles. The van der Waals surface area contributed by atoms with Gasteiger partial charge in [0.1, 0.15) is 12.4 Å². The molecule has 0 atom stereocenters. The molecule has 0 radical (unpaired) electrons. The quantitative estimate of drug-likeness (QED) is 0.610. The summed E-state index contributed by atoms with van der Waals surface area (Å²) < 4.78 is 16.9. The van der Waals surface area contributed by atoms with Crippen LogP contribution in [0.4, 0.5) is 0 Å². The summed E-state index contributed by atoms with van der Waals surface area (Å²) in [6.07, 6.45) is 1.68. The molecule has 0 spiro atoms. The standard InChI is InChI=1S/C21H23NO3.ClH/c1-16-8-10-17(11-9-16)15-25-21-18(5-3-7-20(21)23-2)13-22-14-19-6-4-12-24-19;/h3-12,22H,13-15H2,1-2H3;1H. The molecule has 1 N–H and O–H groups in total. The maximum Gasteiger partial charge on any atom is 0.166 e. The number of para-hydroxylation sites is 1. The molecule has 5 heteroatoms. The molecule has 26 heavy (non-hydrogen) atoms. The number of furan rings is 1. The zero-order chi connectivity index (χ0) is 17.5. The Morgan fingerprint density at radius 1 is 0.962 bits per heavy atom. The van der Waals surface area contributed by atoms with Crippen molar-refractivity contribution < 1.29 is 13.9 Å². The van der Waals surface area contributed by atoms with Gasteiger partial charge in [-0.15, -0.1) is 12.4 Å². The Bertz CT molecular complexity index is 786. The summed E-state index contributed by atoms with van der Waals surface area (Å²) in [5, 5.41) is 3.37. The van der Waals surface area contributed by atoms with Crippen LogP contribution < -0.4 is 14.8 Å². The van der Waals surface area contributed by atoms with Gasteiger partial charge in [0.15, 0.2) is 11.5 Å². The number of aryl methyl sites for hydroxylation is 1. The summed E-state index contributed by atoms with van der Waals surface area (Å²) in [4.78, 5) is 0. The van der Waals surface area contributed by atoms with Crippen molar-refractivity contribution in [2.45, 2.75) is 26.6 Å². The summed E-state index contributed by atoms with van der Waals surface area (Å²) in [5.74, 6) is 2.42. The van der Waals surface area contributed by atoms with Crippen molar-refractivity contribution >= 4 is 12.4 Å². The lowest BCUT2D eigenvalue weighted by Gasteiger charge is -2.15. The minimum Gasteiger partial charge on any atom is -0.493 e. The SMILES string of the molecule is COc1cccc(CNCc2ccco2)c1OCc1ccc(C)cc1.Cl. The third-order valence-corrected chi connectivity index (χ3v) is 3.98. The Hall–Kier alpha value is -2.43. The summed E-state index contributed by atoms with van der Waals surface area (Å²) >= 11 is 0. The maximum atomic E-state index is 6.08. The molecule has 0 saturated carbocycles. The molecule has 1 heterocycles. The summed E-state index contributed by atoms with van der Waals surface area (Å²) in [6, 6.07) is 18.1. The lowest BCUT2D eigenvalue weighted by molar-refractivity contribution is 0.280.